The molecule has 1 aliphatic heterocycles. The molecule has 3 aromatic rings. The van der Waals surface area contributed by atoms with Gasteiger partial charge in [0.25, 0.3) is 0 Å². The van der Waals surface area contributed by atoms with Crippen LogP contribution < -0.4 is 4.90 Å². The molecule has 1 heterocycles. The van der Waals surface area contributed by atoms with E-state index in [-0.39, 0.29) is 29.4 Å². The molecule has 0 amide bonds. The first-order valence-electron chi connectivity index (χ1n) is 9.30. The number of hydrogen-bond donors (Lipinski definition) is 0. The van der Waals surface area contributed by atoms with Crippen LogP contribution in [0.5, 0.6) is 0 Å². The van der Waals surface area contributed by atoms with Crippen molar-refractivity contribution in [3.8, 4) is 0 Å². The number of nitrogens with zero attached hydrogens (tertiary/aromatic N) is 1. The maximum Gasteiger partial charge on any atom is 0.308 e. The Morgan fingerprint density at radius 2 is 1.53 bits per heavy atom. The van der Waals surface area contributed by atoms with E-state index in [9.17, 15) is 9.59 Å². The van der Waals surface area contributed by atoms with Crippen LogP contribution in [0.15, 0.2) is 76.5 Å². The lowest BCUT2D eigenvalue weighted by atomic mass is 10.1. The Bertz CT molecular complexity index is 1070. The van der Waals surface area contributed by atoms with E-state index in [1.165, 1.54) is 6.07 Å². The Balaban J connectivity index is 1.41. The Morgan fingerprint density at radius 1 is 0.900 bits per heavy atom. The number of benzene rings is 3. The van der Waals surface area contributed by atoms with Gasteiger partial charge in [0.1, 0.15) is 0 Å². The quantitative estimate of drug-likeness (QED) is 0.316. The fourth-order valence-corrected chi connectivity index (χ4v) is 4.72. The molecule has 0 spiro atoms. The van der Waals surface area contributed by atoms with Crippen LogP contribution in [0.2, 0.25) is 10.0 Å². The Morgan fingerprint density at radius 3 is 2.20 bits per heavy atom. The van der Waals surface area contributed by atoms with Gasteiger partial charge in [-0.05, 0) is 42.5 Å². The normalized spacial score (nSPS) is 12.1. The molecule has 0 aliphatic carbocycles. The van der Waals surface area contributed by atoms with Crippen LogP contribution in [0.4, 0.5) is 11.4 Å². The molecule has 0 N–H and O–H groups in total. The van der Waals surface area contributed by atoms with Gasteiger partial charge in [-0.2, -0.15) is 0 Å². The molecule has 0 fully saturated rings. The highest BCUT2D eigenvalue weighted by molar-refractivity contribution is 7.99. The van der Waals surface area contributed by atoms with Gasteiger partial charge in [0, 0.05) is 26.9 Å². The Labute approximate surface area is 188 Å². The largest absolute Gasteiger partial charge is 0.457 e. The molecule has 4 nitrogen and oxygen atoms in total. The first-order valence-corrected chi connectivity index (χ1v) is 10.9. The van der Waals surface area contributed by atoms with Crippen molar-refractivity contribution in [1.29, 1.82) is 0 Å². The van der Waals surface area contributed by atoms with Gasteiger partial charge >= 0.3 is 5.97 Å². The van der Waals surface area contributed by atoms with Crippen molar-refractivity contribution in [2.24, 2.45) is 0 Å². The molecule has 0 saturated carbocycles. The van der Waals surface area contributed by atoms with Crippen molar-refractivity contribution in [1.82, 2.24) is 0 Å². The Hall–Kier alpha value is -2.47. The van der Waals surface area contributed by atoms with E-state index in [1.807, 2.05) is 36.4 Å². The van der Waals surface area contributed by atoms with Crippen LogP contribution in [0.3, 0.4) is 0 Å². The molecule has 0 saturated heterocycles. The van der Waals surface area contributed by atoms with Crippen LogP contribution in [0.1, 0.15) is 16.8 Å². The van der Waals surface area contributed by atoms with E-state index in [1.54, 1.807) is 23.9 Å². The second-order valence-electron chi connectivity index (χ2n) is 6.65. The second-order valence-corrected chi connectivity index (χ2v) is 8.57. The number of carbonyl (C=O) groups excluding carboxylic acids is 2. The molecule has 7 heteroatoms. The smallest absolute Gasteiger partial charge is 0.308 e. The maximum absolute atomic E-state index is 12.3. The van der Waals surface area contributed by atoms with Crippen LogP contribution in [-0.2, 0) is 9.53 Å². The predicted octanol–water partition coefficient (Wildman–Crippen LogP) is 6.41. The first kappa shape index (κ1) is 20.8. The molecule has 0 bridgehead atoms. The van der Waals surface area contributed by atoms with Gasteiger partial charge in [-0.1, -0.05) is 59.2 Å². The number of ether oxygens (including phenoxy) is 1. The van der Waals surface area contributed by atoms with Crippen LogP contribution in [0.25, 0.3) is 0 Å². The lowest BCUT2D eigenvalue weighted by Gasteiger charge is -2.32. The number of carbonyl (C=O) groups is 2. The van der Waals surface area contributed by atoms with E-state index < -0.39 is 5.97 Å². The number of anilines is 2. The minimum absolute atomic E-state index is 0.143. The second kappa shape index (κ2) is 9.13. The molecule has 4 rings (SSSR count). The molecular weight excluding hydrogens is 441 g/mol. The van der Waals surface area contributed by atoms with E-state index in [4.69, 9.17) is 27.9 Å². The molecule has 0 aromatic heterocycles. The number of Topliss-reactive ketones (excluding diaryl/α,β-unsaturated/α-hetero) is 1. The van der Waals surface area contributed by atoms with Crippen molar-refractivity contribution >= 4 is 58.1 Å². The molecule has 152 valence electrons. The zero-order valence-electron chi connectivity index (χ0n) is 15.8. The molecule has 30 heavy (non-hydrogen) atoms. The monoisotopic (exact) mass is 457 g/mol. The van der Waals surface area contributed by atoms with E-state index in [2.05, 4.69) is 17.0 Å². The topological polar surface area (TPSA) is 46.6 Å². The molecule has 0 atom stereocenters. The summed E-state index contributed by atoms with van der Waals surface area (Å²) in [7, 11) is 0. The SMILES string of the molecule is O=C(CCN1c2ccccc2Sc2ccccc21)OCC(=O)c1cc(Cl)ccc1Cl. The summed E-state index contributed by atoms with van der Waals surface area (Å²) >= 11 is 13.7. The third-order valence-corrected chi connectivity index (χ3v) is 6.36. The first-order chi connectivity index (χ1) is 14.5. The van der Waals surface area contributed by atoms with Gasteiger partial charge in [-0.15, -0.1) is 0 Å². The minimum atomic E-state index is -0.449. The van der Waals surface area contributed by atoms with Gasteiger partial charge in [0.2, 0.25) is 5.78 Å². The van der Waals surface area contributed by atoms with Crippen LogP contribution in [-0.4, -0.2) is 24.9 Å². The number of hydrogen-bond acceptors (Lipinski definition) is 5. The number of para-hydroxylation sites is 2. The van der Waals surface area contributed by atoms with Gasteiger partial charge < -0.3 is 9.64 Å². The highest BCUT2D eigenvalue weighted by Crippen LogP contribution is 2.47. The van der Waals surface area contributed by atoms with Crippen molar-refractivity contribution in [2.75, 3.05) is 18.1 Å². The van der Waals surface area contributed by atoms with Crippen molar-refractivity contribution in [3.63, 3.8) is 0 Å². The zero-order valence-corrected chi connectivity index (χ0v) is 18.1. The number of rotatable bonds is 6. The number of ketones is 1. The lowest BCUT2D eigenvalue weighted by Crippen LogP contribution is -2.25. The molecule has 0 unspecified atom stereocenters. The summed E-state index contributed by atoms with van der Waals surface area (Å²) < 4.78 is 5.20. The predicted molar refractivity (Wildman–Crippen MR) is 120 cm³/mol. The fraction of sp³-hybridized carbons (Fsp3) is 0.130. The highest BCUT2D eigenvalue weighted by Gasteiger charge is 2.23. The zero-order chi connectivity index (χ0) is 21.1. The third kappa shape index (κ3) is 4.48. The highest BCUT2D eigenvalue weighted by atomic mass is 35.5. The number of halogens is 2. The summed E-state index contributed by atoms with van der Waals surface area (Å²) in [4.78, 5) is 29.0. The van der Waals surface area contributed by atoms with E-state index in [0.29, 0.717) is 11.6 Å². The van der Waals surface area contributed by atoms with Gasteiger partial charge in [0.05, 0.1) is 22.8 Å². The van der Waals surface area contributed by atoms with Gasteiger partial charge in [0.15, 0.2) is 6.61 Å². The van der Waals surface area contributed by atoms with E-state index in [0.717, 1.165) is 21.2 Å². The van der Waals surface area contributed by atoms with Crippen molar-refractivity contribution in [2.45, 2.75) is 16.2 Å². The number of fused-ring (bicyclic) bond motifs is 2. The number of esters is 1. The summed E-state index contributed by atoms with van der Waals surface area (Å²) in [5, 5.41) is 0.675. The summed E-state index contributed by atoms with van der Waals surface area (Å²) in [6, 6.07) is 20.8. The molecule has 1 aliphatic rings. The third-order valence-electron chi connectivity index (χ3n) is 4.66. The van der Waals surface area contributed by atoms with Crippen molar-refractivity contribution < 1.29 is 14.3 Å². The Kier molecular flexibility index (Phi) is 6.32. The molecule has 0 radical (unpaired) electrons. The fourth-order valence-electron chi connectivity index (χ4n) is 3.23. The standard InChI is InChI=1S/C23H17Cl2NO3S/c24-15-9-10-17(25)16(13-15)20(27)14-29-23(28)11-12-26-18-5-1-3-7-21(18)30-22-8-4-2-6-19(22)26/h1-10,13H,11-12,14H2. The van der Waals surface area contributed by atoms with Crippen molar-refractivity contribution in [3.05, 3.63) is 82.3 Å². The van der Waals surface area contributed by atoms with Crippen LogP contribution >= 0.6 is 35.0 Å². The van der Waals surface area contributed by atoms with Gasteiger partial charge in [-0.3, -0.25) is 9.59 Å². The summed E-state index contributed by atoms with van der Waals surface area (Å²) in [5.74, 6) is -0.837. The molecule has 3 aromatic carbocycles. The lowest BCUT2D eigenvalue weighted by molar-refractivity contribution is -0.142. The molecular formula is C23H17Cl2NO3S. The maximum atomic E-state index is 12.3. The summed E-state index contributed by atoms with van der Waals surface area (Å²) in [5.41, 5.74) is 2.35. The average molecular weight is 458 g/mol. The average Bonchev–Trinajstić information content (AvgIpc) is 2.76. The van der Waals surface area contributed by atoms with E-state index >= 15 is 0 Å². The summed E-state index contributed by atoms with van der Waals surface area (Å²) in [6.07, 6.45) is 0.143. The summed E-state index contributed by atoms with van der Waals surface area (Å²) in [6.45, 7) is 0.0709. The van der Waals surface area contributed by atoms with Gasteiger partial charge in [-0.25, -0.2) is 0 Å². The minimum Gasteiger partial charge on any atom is -0.457 e. The van der Waals surface area contributed by atoms with Crippen LogP contribution in [0, 0.1) is 0 Å².